The summed E-state index contributed by atoms with van der Waals surface area (Å²) in [6, 6.07) is 5.51. The zero-order valence-electron chi connectivity index (χ0n) is 8.96. The van der Waals surface area contributed by atoms with E-state index in [-0.39, 0.29) is 5.63 Å². The molecule has 3 nitrogen and oxygen atoms in total. The Morgan fingerprint density at radius 3 is 2.60 bits per heavy atom. The van der Waals surface area contributed by atoms with Gasteiger partial charge >= 0.3 is 5.63 Å². The molecule has 0 fully saturated rings. The highest BCUT2D eigenvalue weighted by atomic mass is 16.5. The minimum atomic E-state index is -0.287. The molecule has 78 valence electrons. The lowest BCUT2D eigenvalue weighted by molar-refractivity contribution is 0.415. The van der Waals surface area contributed by atoms with Gasteiger partial charge in [-0.2, -0.15) is 0 Å². The molecule has 0 aliphatic carbocycles. The second kappa shape index (κ2) is 3.42. The molecular weight excluding hydrogens is 192 g/mol. The molecule has 1 heterocycles. The topological polar surface area (TPSA) is 39.4 Å². The zero-order valence-corrected chi connectivity index (χ0v) is 8.96. The largest absolute Gasteiger partial charge is 0.497 e. The molecule has 0 saturated carbocycles. The van der Waals surface area contributed by atoms with E-state index in [1.165, 1.54) is 0 Å². The van der Waals surface area contributed by atoms with Crippen LogP contribution in [0.5, 0.6) is 5.75 Å². The Balaban J connectivity index is 2.91. The van der Waals surface area contributed by atoms with E-state index in [0.29, 0.717) is 11.1 Å². The van der Waals surface area contributed by atoms with Crippen LogP contribution in [-0.4, -0.2) is 7.11 Å². The average Bonchev–Trinajstić information content (AvgIpc) is 2.15. The summed E-state index contributed by atoms with van der Waals surface area (Å²) >= 11 is 0. The van der Waals surface area contributed by atoms with Gasteiger partial charge in [0.25, 0.3) is 0 Å². The molecule has 0 N–H and O–H groups in total. The first-order chi connectivity index (χ1) is 7.11. The first kappa shape index (κ1) is 9.77. The smallest absolute Gasteiger partial charge is 0.344 e. The third-order valence-corrected chi connectivity index (χ3v) is 2.39. The number of hydrogen-bond acceptors (Lipinski definition) is 3. The number of methoxy groups -OCH3 is 1. The highest BCUT2D eigenvalue weighted by Crippen LogP contribution is 2.22. The summed E-state index contributed by atoms with van der Waals surface area (Å²) < 4.78 is 10.2. The van der Waals surface area contributed by atoms with Gasteiger partial charge in [0.1, 0.15) is 11.5 Å². The van der Waals surface area contributed by atoms with Gasteiger partial charge in [0, 0.05) is 0 Å². The molecule has 1 aromatic heterocycles. The molecule has 0 bridgehead atoms. The Hall–Kier alpha value is -1.77. The van der Waals surface area contributed by atoms with Gasteiger partial charge in [0.05, 0.1) is 12.5 Å². The van der Waals surface area contributed by atoms with Gasteiger partial charge in [-0.15, -0.1) is 0 Å². The fourth-order valence-corrected chi connectivity index (χ4v) is 1.74. The highest BCUT2D eigenvalue weighted by Gasteiger charge is 2.07. The summed E-state index contributed by atoms with van der Waals surface area (Å²) in [5.41, 5.74) is 0.586. The van der Waals surface area contributed by atoms with E-state index in [4.69, 9.17) is 9.15 Å². The quantitative estimate of drug-likeness (QED) is 0.716. The fraction of sp³-hybridized carbons (Fsp3) is 0.250. The van der Waals surface area contributed by atoms with Gasteiger partial charge in [-0.25, -0.2) is 4.79 Å². The molecule has 0 saturated heterocycles. The van der Waals surface area contributed by atoms with Crippen molar-refractivity contribution in [2.45, 2.75) is 13.8 Å². The van der Waals surface area contributed by atoms with Crippen LogP contribution in [0.2, 0.25) is 0 Å². The van der Waals surface area contributed by atoms with E-state index in [2.05, 4.69) is 0 Å². The van der Waals surface area contributed by atoms with Crippen molar-refractivity contribution in [1.82, 2.24) is 0 Å². The molecule has 0 radical (unpaired) electrons. The number of ether oxygens (including phenoxy) is 1. The Morgan fingerprint density at radius 1 is 1.20 bits per heavy atom. The lowest BCUT2D eigenvalue weighted by Crippen LogP contribution is -2.02. The maximum Gasteiger partial charge on any atom is 0.344 e. The van der Waals surface area contributed by atoms with Crippen LogP contribution in [0.25, 0.3) is 10.8 Å². The van der Waals surface area contributed by atoms with Gasteiger partial charge in [0.2, 0.25) is 0 Å². The fourth-order valence-electron chi connectivity index (χ4n) is 1.74. The average molecular weight is 204 g/mol. The van der Waals surface area contributed by atoms with Crippen molar-refractivity contribution >= 4 is 10.8 Å². The molecule has 0 aliphatic rings. The van der Waals surface area contributed by atoms with Crippen molar-refractivity contribution in [3.63, 3.8) is 0 Å². The molecular formula is C12H12O3. The van der Waals surface area contributed by atoms with Crippen LogP contribution in [0, 0.1) is 13.8 Å². The number of fused-ring (bicyclic) bond motifs is 1. The Labute approximate surface area is 87.3 Å². The predicted octanol–water partition coefficient (Wildman–Crippen LogP) is 2.42. The van der Waals surface area contributed by atoms with Crippen LogP contribution < -0.4 is 10.4 Å². The van der Waals surface area contributed by atoms with Crippen molar-refractivity contribution in [2.24, 2.45) is 0 Å². The highest BCUT2D eigenvalue weighted by molar-refractivity contribution is 5.85. The number of rotatable bonds is 1. The van der Waals surface area contributed by atoms with Gasteiger partial charge in [-0.05, 0) is 43.0 Å². The van der Waals surface area contributed by atoms with Crippen molar-refractivity contribution < 1.29 is 9.15 Å². The first-order valence-corrected chi connectivity index (χ1v) is 4.71. The maximum absolute atomic E-state index is 11.6. The van der Waals surface area contributed by atoms with E-state index in [0.717, 1.165) is 16.7 Å². The summed E-state index contributed by atoms with van der Waals surface area (Å²) in [6.45, 7) is 3.63. The van der Waals surface area contributed by atoms with Crippen molar-refractivity contribution in [1.29, 1.82) is 0 Å². The number of aryl methyl sites for hydroxylation is 2. The molecule has 2 rings (SSSR count). The Morgan fingerprint density at radius 2 is 1.93 bits per heavy atom. The third-order valence-electron chi connectivity index (χ3n) is 2.39. The van der Waals surface area contributed by atoms with Crippen LogP contribution in [-0.2, 0) is 0 Å². The minimum Gasteiger partial charge on any atom is -0.497 e. The maximum atomic E-state index is 11.6. The van der Waals surface area contributed by atoms with E-state index in [1.54, 1.807) is 14.0 Å². The third kappa shape index (κ3) is 1.61. The minimum absolute atomic E-state index is 0.287. The Kier molecular flexibility index (Phi) is 2.23. The Bertz CT molecular complexity index is 567. The molecule has 3 heteroatoms. The number of hydrogen-bond donors (Lipinski definition) is 0. The standard InChI is InChI=1S/C12H12O3/c1-7-4-10(14-3)6-9-5-8(2)15-12(13)11(7)9/h4-6H,1-3H3. The van der Waals surface area contributed by atoms with Gasteiger partial charge in [-0.3, -0.25) is 0 Å². The zero-order chi connectivity index (χ0) is 11.0. The second-order valence-electron chi connectivity index (χ2n) is 3.55. The van der Waals surface area contributed by atoms with Gasteiger partial charge < -0.3 is 9.15 Å². The van der Waals surface area contributed by atoms with Crippen molar-refractivity contribution in [3.05, 3.63) is 39.9 Å². The van der Waals surface area contributed by atoms with Crippen LogP contribution in [0.1, 0.15) is 11.3 Å². The summed E-state index contributed by atoms with van der Waals surface area (Å²) in [6.07, 6.45) is 0. The molecule has 0 spiro atoms. The van der Waals surface area contributed by atoms with Crippen molar-refractivity contribution in [2.75, 3.05) is 7.11 Å². The molecule has 0 atom stereocenters. The molecule has 15 heavy (non-hydrogen) atoms. The number of benzene rings is 1. The van der Waals surface area contributed by atoms with Crippen LogP contribution in [0.4, 0.5) is 0 Å². The molecule has 1 aromatic carbocycles. The summed E-state index contributed by atoms with van der Waals surface area (Å²) in [7, 11) is 1.61. The van der Waals surface area contributed by atoms with Crippen LogP contribution in [0.15, 0.2) is 27.4 Å². The molecule has 0 amide bonds. The molecule has 2 aromatic rings. The van der Waals surface area contributed by atoms with Crippen LogP contribution >= 0.6 is 0 Å². The SMILES string of the molecule is COc1cc(C)c2c(=O)oc(C)cc2c1. The lowest BCUT2D eigenvalue weighted by atomic mass is 10.1. The first-order valence-electron chi connectivity index (χ1n) is 4.71. The molecule has 0 aliphatic heterocycles. The summed E-state index contributed by atoms with van der Waals surface area (Å²) in [5.74, 6) is 1.37. The van der Waals surface area contributed by atoms with E-state index in [9.17, 15) is 4.79 Å². The van der Waals surface area contributed by atoms with Crippen molar-refractivity contribution in [3.8, 4) is 5.75 Å². The van der Waals surface area contributed by atoms with Gasteiger partial charge in [0.15, 0.2) is 0 Å². The lowest BCUT2D eigenvalue weighted by Gasteiger charge is -2.05. The van der Waals surface area contributed by atoms with E-state index < -0.39 is 0 Å². The predicted molar refractivity (Wildman–Crippen MR) is 58.5 cm³/mol. The molecule has 0 unspecified atom stereocenters. The van der Waals surface area contributed by atoms with Gasteiger partial charge in [-0.1, -0.05) is 0 Å². The normalized spacial score (nSPS) is 10.6. The van der Waals surface area contributed by atoms with E-state index in [1.807, 2.05) is 25.1 Å². The monoisotopic (exact) mass is 204 g/mol. The second-order valence-corrected chi connectivity index (χ2v) is 3.55. The van der Waals surface area contributed by atoms with Crippen LogP contribution in [0.3, 0.4) is 0 Å². The van der Waals surface area contributed by atoms with E-state index >= 15 is 0 Å². The summed E-state index contributed by atoms with van der Waals surface area (Å²) in [4.78, 5) is 11.6. The summed E-state index contributed by atoms with van der Waals surface area (Å²) in [5, 5.41) is 1.49.